The van der Waals surface area contributed by atoms with Crippen LogP contribution >= 0.6 is 0 Å². The number of aliphatic carboxylic acids is 1. The van der Waals surface area contributed by atoms with E-state index in [-0.39, 0.29) is 36.6 Å². The van der Waals surface area contributed by atoms with Crippen LogP contribution in [0.4, 0.5) is 26.7 Å². The van der Waals surface area contributed by atoms with Gasteiger partial charge in [0.2, 0.25) is 0 Å². The lowest BCUT2D eigenvalue weighted by molar-refractivity contribution is -0.145. The van der Waals surface area contributed by atoms with Gasteiger partial charge in [0.25, 0.3) is 5.91 Å². The van der Waals surface area contributed by atoms with Crippen molar-refractivity contribution in [2.45, 2.75) is 44.8 Å². The first-order chi connectivity index (χ1) is 23.4. The van der Waals surface area contributed by atoms with Crippen LogP contribution in [-0.2, 0) is 19.7 Å². The Bertz CT molecular complexity index is 1870. The van der Waals surface area contributed by atoms with E-state index >= 15 is 0 Å². The summed E-state index contributed by atoms with van der Waals surface area (Å²) in [6.45, 7) is 6.37. The van der Waals surface area contributed by atoms with E-state index in [0.717, 1.165) is 11.1 Å². The predicted octanol–water partition coefficient (Wildman–Crippen LogP) is 7.03. The molecule has 0 aliphatic carbocycles. The van der Waals surface area contributed by atoms with Crippen LogP contribution in [0.5, 0.6) is 5.75 Å². The molecule has 1 aliphatic heterocycles. The molecule has 2 atom stereocenters. The lowest BCUT2D eigenvalue weighted by atomic mass is 9.86. The minimum atomic E-state index is -1.01. The van der Waals surface area contributed by atoms with Crippen molar-refractivity contribution in [3.63, 3.8) is 0 Å². The number of ether oxygens (including phenoxy) is 3. The fourth-order valence-electron chi connectivity index (χ4n) is 5.83. The summed E-state index contributed by atoms with van der Waals surface area (Å²) in [7, 11) is 2.69. The fourth-order valence-corrected chi connectivity index (χ4v) is 5.83. The molecule has 4 amide bonds. The molecule has 0 aromatic heterocycles. The quantitative estimate of drug-likeness (QED) is 0.156. The molecule has 256 valence electrons. The first-order valence-electron chi connectivity index (χ1n) is 15.8. The number of anilines is 3. The van der Waals surface area contributed by atoms with Crippen molar-refractivity contribution in [2.75, 3.05) is 43.3 Å². The maximum Gasteiger partial charge on any atom is 0.411 e. The summed E-state index contributed by atoms with van der Waals surface area (Å²) in [5.41, 5.74) is 2.85. The van der Waals surface area contributed by atoms with E-state index in [1.54, 1.807) is 47.4 Å². The highest BCUT2D eigenvalue weighted by atomic mass is 16.5. The van der Waals surface area contributed by atoms with E-state index < -0.39 is 30.3 Å². The number of methoxy groups -OCH3 is 2. The Morgan fingerprint density at radius 1 is 0.837 bits per heavy atom. The van der Waals surface area contributed by atoms with Crippen LogP contribution < -0.4 is 20.7 Å². The summed E-state index contributed by atoms with van der Waals surface area (Å²) in [6.07, 6.45) is -2.11. The van der Waals surface area contributed by atoms with E-state index in [2.05, 4.69) is 16.0 Å². The Kier molecular flexibility index (Phi) is 10.4. The van der Waals surface area contributed by atoms with E-state index in [1.807, 2.05) is 57.2 Å². The number of urea groups is 1. The highest BCUT2D eigenvalue weighted by Crippen LogP contribution is 2.39. The summed E-state index contributed by atoms with van der Waals surface area (Å²) >= 11 is 0. The molecule has 0 bridgehead atoms. The molecule has 1 aliphatic rings. The summed E-state index contributed by atoms with van der Waals surface area (Å²) in [4.78, 5) is 52.9. The number of benzene rings is 4. The third kappa shape index (κ3) is 8.10. The van der Waals surface area contributed by atoms with Gasteiger partial charge in [-0.3, -0.25) is 14.9 Å². The van der Waals surface area contributed by atoms with Gasteiger partial charge in [0.15, 0.2) is 5.75 Å². The second-order valence-electron chi connectivity index (χ2n) is 12.7. The monoisotopic (exact) mass is 668 g/mol. The summed E-state index contributed by atoms with van der Waals surface area (Å²) < 4.78 is 16.5. The average molecular weight is 669 g/mol. The van der Waals surface area contributed by atoms with Crippen molar-refractivity contribution in [3.8, 4) is 5.75 Å². The number of carboxylic acid groups (broad SMARTS) is 1. The molecule has 49 heavy (non-hydrogen) atoms. The Labute approximate surface area is 284 Å². The molecule has 1 fully saturated rings. The van der Waals surface area contributed by atoms with Crippen LogP contribution in [0.1, 0.15) is 54.8 Å². The number of carbonyl (C=O) groups is 4. The molecule has 0 radical (unpaired) electrons. The number of hydrogen-bond donors (Lipinski definition) is 4. The van der Waals surface area contributed by atoms with Crippen molar-refractivity contribution in [1.82, 2.24) is 4.90 Å². The minimum Gasteiger partial charge on any atom is -0.492 e. The van der Waals surface area contributed by atoms with Crippen molar-refractivity contribution in [1.29, 1.82) is 0 Å². The number of carboxylic acids is 1. The zero-order chi connectivity index (χ0) is 35.3. The van der Waals surface area contributed by atoms with Gasteiger partial charge in [-0.25, -0.2) is 9.59 Å². The van der Waals surface area contributed by atoms with Crippen molar-refractivity contribution < 1.29 is 38.5 Å². The van der Waals surface area contributed by atoms with E-state index in [0.29, 0.717) is 33.4 Å². The second-order valence-corrected chi connectivity index (χ2v) is 12.7. The number of nitrogens with one attached hydrogen (secondary N) is 3. The molecule has 5 rings (SSSR count). The molecule has 0 spiro atoms. The van der Waals surface area contributed by atoms with Crippen molar-refractivity contribution >= 4 is 51.8 Å². The molecule has 1 saturated heterocycles. The molecular weight excluding hydrogens is 628 g/mol. The Balaban J connectivity index is 1.43. The number of fused-ring (bicyclic) bond motifs is 1. The van der Waals surface area contributed by atoms with Crippen LogP contribution in [0.15, 0.2) is 78.9 Å². The van der Waals surface area contributed by atoms with Crippen molar-refractivity contribution in [2.24, 2.45) is 0 Å². The van der Waals surface area contributed by atoms with E-state index in [1.165, 1.54) is 14.2 Å². The number of carbonyl (C=O) groups excluding carboxylic acids is 3. The van der Waals surface area contributed by atoms with Crippen LogP contribution in [0.3, 0.4) is 0 Å². The number of hydrogen-bond acceptors (Lipinski definition) is 7. The van der Waals surface area contributed by atoms with Crippen LogP contribution in [-0.4, -0.2) is 67.4 Å². The predicted molar refractivity (Wildman–Crippen MR) is 187 cm³/mol. The summed E-state index contributed by atoms with van der Waals surface area (Å²) in [6, 6.07) is 22.9. The van der Waals surface area contributed by atoms with Gasteiger partial charge in [-0.1, -0.05) is 75.4 Å². The standard InChI is InChI=1S/C37H40N4O8/c1-37(2,3)23-17-29(33(47-4)30(18-23)40-36(46)48-5)39-35(45)38-28-16-15-27(25-13-9-10-14-26(25)28)34(44)41-20-24(19-32(42)43)49-31(21-41)22-11-7-6-8-12-22/h6-18,24,31H,19-21H2,1-5H3,(H,40,46)(H,42,43)(H2,38,39,45). The first-order valence-corrected chi connectivity index (χ1v) is 15.8. The van der Waals surface area contributed by atoms with Gasteiger partial charge >= 0.3 is 18.1 Å². The molecule has 4 aromatic carbocycles. The van der Waals surface area contributed by atoms with Crippen LogP contribution in [0.25, 0.3) is 10.8 Å². The average Bonchev–Trinajstić information content (AvgIpc) is 3.07. The maximum absolute atomic E-state index is 14.1. The highest BCUT2D eigenvalue weighted by molar-refractivity contribution is 6.13. The van der Waals surface area contributed by atoms with Crippen molar-refractivity contribution in [3.05, 3.63) is 95.6 Å². The normalized spacial score (nSPS) is 16.1. The SMILES string of the molecule is COC(=O)Nc1cc(C(C)(C)C)cc(NC(=O)Nc2ccc(C(=O)N3CC(CC(=O)O)OC(c4ccccc4)C3)c3ccccc23)c1OC. The Morgan fingerprint density at radius 2 is 1.47 bits per heavy atom. The second kappa shape index (κ2) is 14.7. The van der Waals surface area contributed by atoms with Crippen LogP contribution in [0.2, 0.25) is 0 Å². The Morgan fingerprint density at radius 3 is 2.10 bits per heavy atom. The minimum absolute atomic E-state index is 0.119. The lowest BCUT2D eigenvalue weighted by Crippen LogP contribution is -2.47. The molecule has 12 heteroatoms. The highest BCUT2D eigenvalue weighted by Gasteiger charge is 2.34. The zero-order valence-electron chi connectivity index (χ0n) is 28.0. The molecule has 2 unspecified atom stereocenters. The molecule has 12 nitrogen and oxygen atoms in total. The maximum atomic E-state index is 14.1. The largest absolute Gasteiger partial charge is 0.492 e. The van der Waals surface area contributed by atoms with Gasteiger partial charge < -0.3 is 34.9 Å². The van der Waals surface area contributed by atoms with E-state index in [4.69, 9.17) is 14.2 Å². The topological polar surface area (TPSA) is 156 Å². The Hall–Kier alpha value is -5.62. The van der Waals surface area contributed by atoms with Gasteiger partial charge in [0.1, 0.15) is 6.10 Å². The number of rotatable bonds is 8. The third-order valence-corrected chi connectivity index (χ3v) is 8.26. The van der Waals surface area contributed by atoms with E-state index in [9.17, 15) is 24.3 Å². The molecule has 4 N–H and O–H groups in total. The molecule has 0 saturated carbocycles. The summed E-state index contributed by atoms with van der Waals surface area (Å²) in [5.74, 6) is -1.05. The van der Waals surface area contributed by atoms with Gasteiger partial charge in [-0.15, -0.1) is 0 Å². The van der Waals surface area contributed by atoms with Crippen LogP contribution in [0, 0.1) is 0 Å². The molecular formula is C37H40N4O8. The van der Waals surface area contributed by atoms with Gasteiger partial charge in [-0.2, -0.15) is 0 Å². The number of morpholine rings is 1. The number of amides is 4. The fraction of sp³-hybridized carbons (Fsp3) is 0.297. The zero-order valence-corrected chi connectivity index (χ0v) is 28.0. The summed E-state index contributed by atoms with van der Waals surface area (Å²) in [5, 5.41) is 19.1. The first kappa shape index (κ1) is 34.7. The smallest absolute Gasteiger partial charge is 0.411 e. The molecule has 4 aromatic rings. The van der Waals surface area contributed by atoms with Gasteiger partial charge in [0, 0.05) is 17.5 Å². The van der Waals surface area contributed by atoms with Gasteiger partial charge in [0.05, 0.1) is 50.4 Å². The van der Waals surface area contributed by atoms with Gasteiger partial charge in [-0.05, 0) is 46.2 Å². The number of nitrogens with zero attached hydrogens (tertiary/aromatic N) is 1. The lowest BCUT2D eigenvalue weighted by Gasteiger charge is -2.38. The molecule has 1 heterocycles. The third-order valence-electron chi connectivity index (χ3n) is 8.26.